The number of rotatable bonds is 5. The van der Waals surface area contributed by atoms with Crippen molar-refractivity contribution in [2.45, 2.75) is 26.2 Å². The van der Waals surface area contributed by atoms with Crippen LogP contribution < -0.4 is 10.6 Å². The van der Waals surface area contributed by atoms with Gasteiger partial charge in [0.1, 0.15) is 5.82 Å². The molecule has 18 heavy (non-hydrogen) atoms. The van der Waals surface area contributed by atoms with Crippen LogP contribution in [-0.2, 0) is 5.41 Å². The summed E-state index contributed by atoms with van der Waals surface area (Å²) >= 11 is 0. The van der Waals surface area contributed by atoms with Gasteiger partial charge in [0.25, 0.3) is 0 Å². The van der Waals surface area contributed by atoms with E-state index in [-0.39, 0.29) is 5.41 Å². The quantitative estimate of drug-likeness (QED) is 0.558. The number of benzene rings is 1. The zero-order valence-electron chi connectivity index (χ0n) is 11.6. The minimum Gasteiger partial charge on any atom is -0.342 e. The second kappa shape index (κ2) is 5.08. The predicted molar refractivity (Wildman–Crippen MR) is 75.8 cm³/mol. The van der Waals surface area contributed by atoms with E-state index in [1.165, 1.54) is 5.56 Å². The highest BCUT2D eigenvalue weighted by Gasteiger charge is 2.20. The molecule has 0 amide bonds. The Kier molecular flexibility index (Phi) is 3.68. The summed E-state index contributed by atoms with van der Waals surface area (Å²) in [5.74, 6) is 0.966. The maximum absolute atomic E-state index is 4.43. The Labute approximate surface area is 108 Å². The Morgan fingerprint density at radius 1 is 1.33 bits per heavy atom. The highest BCUT2D eigenvalue weighted by atomic mass is 15.0. The van der Waals surface area contributed by atoms with Gasteiger partial charge in [-0.1, -0.05) is 19.9 Å². The molecule has 2 aromatic rings. The third-order valence-electron chi connectivity index (χ3n) is 3.25. The number of nitrogens with one attached hydrogen (secondary N) is 3. The molecule has 0 spiro atoms. The first-order valence-corrected chi connectivity index (χ1v) is 6.35. The fraction of sp³-hybridized carbons (Fsp3) is 0.500. The number of nitrogens with zero attached hydrogens (tertiary/aromatic N) is 1. The van der Waals surface area contributed by atoms with Gasteiger partial charge in [-0.3, -0.25) is 0 Å². The van der Waals surface area contributed by atoms with E-state index in [4.69, 9.17) is 0 Å². The van der Waals surface area contributed by atoms with Gasteiger partial charge in [-0.05, 0) is 31.7 Å². The zero-order valence-corrected chi connectivity index (χ0v) is 11.6. The van der Waals surface area contributed by atoms with Crippen molar-refractivity contribution in [2.24, 2.45) is 0 Å². The van der Waals surface area contributed by atoms with Gasteiger partial charge in [0, 0.05) is 18.6 Å². The highest BCUT2D eigenvalue weighted by Crippen LogP contribution is 2.25. The van der Waals surface area contributed by atoms with Crippen LogP contribution >= 0.6 is 0 Å². The van der Waals surface area contributed by atoms with Crippen LogP contribution in [-0.4, -0.2) is 30.2 Å². The van der Waals surface area contributed by atoms with Gasteiger partial charge in [0.2, 0.25) is 0 Å². The van der Waals surface area contributed by atoms with Crippen LogP contribution in [0, 0.1) is 6.92 Å². The van der Waals surface area contributed by atoms with E-state index in [9.17, 15) is 0 Å². The van der Waals surface area contributed by atoms with Crippen LogP contribution in [0.2, 0.25) is 0 Å². The number of imidazole rings is 1. The van der Waals surface area contributed by atoms with Gasteiger partial charge in [-0.15, -0.1) is 0 Å². The smallest absolute Gasteiger partial charge is 0.104 e. The topological polar surface area (TPSA) is 52.7 Å². The summed E-state index contributed by atoms with van der Waals surface area (Å²) in [7, 11) is 1.94. The minimum absolute atomic E-state index is 0.101. The van der Waals surface area contributed by atoms with Crippen LogP contribution in [0.1, 0.15) is 25.2 Å². The van der Waals surface area contributed by atoms with Crippen LogP contribution in [0.3, 0.4) is 0 Å². The fourth-order valence-corrected chi connectivity index (χ4v) is 2.16. The summed E-state index contributed by atoms with van der Waals surface area (Å²) in [6, 6.07) is 6.47. The van der Waals surface area contributed by atoms with Gasteiger partial charge < -0.3 is 15.6 Å². The van der Waals surface area contributed by atoms with E-state index in [0.717, 1.165) is 30.1 Å². The molecular weight excluding hydrogens is 224 g/mol. The lowest BCUT2D eigenvalue weighted by Gasteiger charge is -2.25. The molecule has 4 nitrogen and oxygen atoms in total. The molecular formula is C14H22N4. The molecule has 0 saturated carbocycles. The number of hydrogen-bond acceptors (Lipinski definition) is 3. The van der Waals surface area contributed by atoms with Gasteiger partial charge in [0.15, 0.2) is 0 Å². The molecule has 4 heteroatoms. The molecule has 0 aliphatic carbocycles. The molecule has 0 radical (unpaired) electrons. The summed E-state index contributed by atoms with van der Waals surface area (Å²) in [6.45, 7) is 8.25. The van der Waals surface area contributed by atoms with Gasteiger partial charge in [-0.2, -0.15) is 0 Å². The minimum atomic E-state index is 0.101. The molecule has 0 aliphatic rings. The first-order chi connectivity index (χ1) is 8.53. The zero-order chi connectivity index (χ0) is 13.2. The molecule has 1 heterocycles. The molecule has 0 aliphatic heterocycles. The Balaban J connectivity index is 2.23. The standard InChI is InChI=1S/C14H22N4/c1-10-17-12-6-5-11(7-13(12)18-10)14(2,3)8-16-9-15-4/h5-7,15-16H,8-9H2,1-4H3,(H,17,18). The van der Waals surface area contributed by atoms with Gasteiger partial charge >= 0.3 is 0 Å². The second-order valence-corrected chi connectivity index (χ2v) is 5.40. The van der Waals surface area contributed by atoms with E-state index in [0.29, 0.717) is 0 Å². The van der Waals surface area contributed by atoms with Crippen LogP contribution in [0.15, 0.2) is 18.2 Å². The lowest BCUT2D eigenvalue weighted by molar-refractivity contribution is 0.461. The van der Waals surface area contributed by atoms with Crippen molar-refractivity contribution >= 4 is 11.0 Å². The molecule has 0 unspecified atom stereocenters. The summed E-state index contributed by atoms with van der Waals surface area (Å²) in [6.07, 6.45) is 0. The molecule has 0 saturated heterocycles. The largest absolute Gasteiger partial charge is 0.342 e. The van der Waals surface area contributed by atoms with Crippen molar-refractivity contribution in [2.75, 3.05) is 20.3 Å². The van der Waals surface area contributed by atoms with Crippen molar-refractivity contribution in [1.29, 1.82) is 0 Å². The molecule has 2 rings (SSSR count). The number of aryl methyl sites for hydroxylation is 1. The number of aromatic amines is 1. The molecule has 1 aromatic heterocycles. The van der Waals surface area contributed by atoms with E-state index < -0.39 is 0 Å². The SMILES string of the molecule is CNCNCC(C)(C)c1ccc2nc(C)[nH]c2c1. The summed E-state index contributed by atoms with van der Waals surface area (Å²) in [5, 5.41) is 6.49. The molecule has 0 bridgehead atoms. The molecule has 3 N–H and O–H groups in total. The lowest BCUT2D eigenvalue weighted by Crippen LogP contribution is -2.37. The second-order valence-electron chi connectivity index (χ2n) is 5.40. The van der Waals surface area contributed by atoms with Crippen LogP contribution in [0.5, 0.6) is 0 Å². The Morgan fingerprint density at radius 3 is 2.83 bits per heavy atom. The van der Waals surface area contributed by atoms with E-state index in [1.54, 1.807) is 0 Å². The maximum atomic E-state index is 4.43. The Hall–Kier alpha value is -1.39. The molecule has 98 valence electrons. The maximum Gasteiger partial charge on any atom is 0.104 e. The third-order valence-corrected chi connectivity index (χ3v) is 3.25. The first kappa shape index (κ1) is 13.1. The summed E-state index contributed by atoms with van der Waals surface area (Å²) in [4.78, 5) is 7.72. The van der Waals surface area contributed by atoms with Crippen molar-refractivity contribution in [3.63, 3.8) is 0 Å². The average molecular weight is 246 g/mol. The molecule has 1 aromatic carbocycles. The van der Waals surface area contributed by atoms with Gasteiger partial charge in [0.05, 0.1) is 11.0 Å². The third kappa shape index (κ3) is 2.71. The molecule has 0 fully saturated rings. The normalized spacial score (nSPS) is 12.2. The van der Waals surface area contributed by atoms with Crippen molar-refractivity contribution in [3.05, 3.63) is 29.6 Å². The van der Waals surface area contributed by atoms with E-state index in [1.807, 2.05) is 14.0 Å². The number of aromatic nitrogens is 2. The first-order valence-electron chi connectivity index (χ1n) is 6.35. The predicted octanol–water partition coefficient (Wildman–Crippen LogP) is 1.92. The molecule has 0 atom stereocenters. The number of hydrogen-bond donors (Lipinski definition) is 3. The van der Waals surface area contributed by atoms with Crippen LogP contribution in [0.25, 0.3) is 11.0 Å². The lowest BCUT2D eigenvalue weighted by atomic mass is 9.84. The van der Waals surface area contributed by atoms with Gasteiger partial charge in [-0.25, -0.2) is 4.98 Å². The highest BCUT2D eigenvalue weighted by molar-refractivity contribution is 5.76. The van der Waals surface area contributed by atoms with Crippen molar-refractivity contribution in [1.82, 2.24) is 20.6 Å². The Morgan fingerprint density at radius 2 is 2.11 bits per heavy atom. The number of fused-ring (bicyclic) bond motifs is 1. The summed E-state index contributed by atoms with van der Waals surface area (Å²) in [5.41, 5.74) is 3.58. The number of H-pyrrole nitrogens is 1. The van der Waals surface area contributed by atoms with Crippen LogP contribution in [0.4, 0.5) is 0 Å². The van der Waals surface area contributed by atoms with E-state index in [2.05, 4.69) is 52.6 Å². The average Bonchev–Trinajstić information content (AvgIpc) is 2.68. The monoisotopic (exact) mass is 246 g/mol. The van der Waals surface area contributed by atoms with Crippen molar-refractivity contribution < 1.29 is 0 Å². The fourth-order valence-electron chi connectivity index (χ4n) is 2.16. The Bertz CT molecular complexity index is 528. The summed E-state index contributed by atoms with van der Waals surface area (Å²) < 4.78 is 0. The van der Waals surface area contributed by atoms with E-state index >= 15 is 0 Å². The van der Waals surface area contributed by atoms with Crippen molar-refractivity contribution in [3.8, 4) is 0 Å².